The highest BCUT2D eigenvalue weighted by molar-refractivity contribution is 7.84. The van der Waals surface area contributed by atoms with Crippen LogP contribution >= 0.6 is 0 Å². The first-order valence-corrected chi connectivity index (χ1v) is 12.4. The zero-order valence-corrected chi connectivity index (χ0v) is 18.1. The van der Waals surface area contributed by atoms with Crippen molar-refractivity contribution in [2.45, 2.75) is 55.5 Å². The monoisotopic (exact) mass is 424 g/mol. The number of pyridine rings is 1. The molecular weight excluding hydrogens is 396 g/mol. The molecule has 2 aliphatic rings. The lowest BCUT2D eigenvalue weighted by Gasteiger charge is -2.22. The SMILES string of the molecule is CS(=O)c1cc2cnc(Nc3ccc(C4CCNCC4)cn3)nc2n1C1CCCC1. The predicted molar refractivity (Wildman–Crippen MR) is 120 cm³/mol. The van der Waals surface area contributed by atoms with E-state index in [0.29, 0.717) is 17.9 Å². The molecule has 4 heterocycles. The maximum atomic E-state index is 12.3. The normalized spacial score (nSPS) is 19.4. The average Bonchev–Trinajstić information content (AvgIpc) is 3.42. The van der Waals surface area contributed by atoms with Crippen LogP contribution in [0, 0.1) is 0 Å². The van der Waals surface area contributed by atoms with Crippen LogP contribution in [0.4, 0.5) is 11.8 Å². The standard InChI is InChI=1S/C22H28N6OS/c1-30(29)20-12-17-14-25-22(27-21(17)28(20)18-4-2-3-5-18)26-19-7-6-16(13-24-19)15-8-10-23-11-9-15/h6-7,12-15,18,23H,2-5,8-11H2,1H3,(H,24,25,26,27). The molecule has 0 aromatic carbocycles. The van der Waals surface area contributed by atoms with Crippen molar-refractivity contribution in [2.75, 3.05) is 24.7 Å². The lowest BCUT2D eigenvalue weighted by atomic mass is 9.91. The van der Waals surface area contributed by atoms with Gasteiger partial charge in [0.15, 0.2) is 0 Å². The summed E-state index contributed by atoms with van der Waals surface area (Å²) in [5.74, 6) is 1.85. The number of fused-ring (bicyclic) bond motifs is 1. The topological polar surface area (TPSA) is 84.7 Å². The number of hydrogen-bond donors (Lipinski definition) is 2. The number of aromatic nitrogens is 4. The van der Waals surface area contributed by atoms with Gasteiger partial charge >= 0.3 is 0 Å². The fourth-order valence-electron chi connectivity index (χ4n) is 4.77. The molecule has 2 N–H and O–H groups in total. The third-order valence-electron chi connectivity index (χ3n) is 6.36. The number of hydrogen-bond acceptors (Lipinski definition) is 6. The first-order valence-electron chi connectivity index (χ1n) is 10.8. The Labute approximate surface area is 179 Å². The van der Waals surface area contributed by atoms with E-state index >= 15 is 0 Å². The van der Waals surface area contributed by atoms with Gasteiger partial charge in [-0.05, 0) is 62.4 Å². The summed E-state index contributed by atoms with van der Waals surface area (Å²) in [6.07, 6.45) is 12.5. The van der Waals surface area contributed by atoms with E-state index < -0.39 is 10.8 Å². The summed E-state index contributed by atoms with van der Waals surface area (Å²) in [6.45, 7) is 2.15. The quantitative estimate of drug-likeness (QED) is 0.646. The van der Waals surface area contributed by atoms with Crippen LogP contribution in [0.25, 0.3) is 11.0 Å². The summed E-state index contributed by atoms with van der Waals surface area (Å²) in [7, 11) is -1.06. The van der Waals surface area contributed by atoms with E-state index in [4.69, 9.17) is 4.98 Å². The Morgan fingerprint density at radius 3 is 2.60 bits per heavy atom. The second-order valence-corrected chi connectivity index (χ2v) is 9.67. The lowest BCUT2D eigenvalue weighted by molar-refractivity contribution is 0.459. The number of nitrogens with one attached hydrogen (secondary N) is 2. The van der Waals surface area contributed by atoms with Gasteiger partial charge in [0, 0.05) is 30.1 Å². The van der Waals surface area contributed by atoms with Crippen LogP contribution < -0.4 is 10.6 Å². The van der Waals surface area contributed by atoms with Crippen molar-refractivity contribution in [1.29, 1.82) is 0 Å². The van der Waals surface area contributed by atoms with Gasteiger partial charge in [-0.25, -0.2) is 9.97 Å². The van der Waals surface area contributed by atoms with Crippen LogP contribution in [0.1, 0.15) is 56.0 Å². The molecule has 7 nitrogen and oxygen atoms in total. The van der Waals surface area contributed by atoms with Crippen LogP contribution in [0.2, 0.25) is 0 Å². The van der Waals surface area contributed by atoms with Crippen LogP contribution in [0.3, 0.4) is 0 Å². The second kappa shape index (κ2) is 8.43. The van der Waals surface area contributed by atoms with Crippen molar-refractivity contribution in [3.8, 4) is 0 Å². The minimum atomic E-state index is -1.06. The van der Waals surface area contributed by atoms with Gasteiger partial charge in [-0.3, -0.25) is 4.21 Å². The fraction of sp³-hybridized carbons (Fsp3) is 0.500. The average molecular weight is 425 g/mol. The van der Waals surface area contributed by atoms with Crippen LogP contribution in [0.15, 0.2) is 35.6 Å². The molecule has 3 aromatic rings. The van der Waals surface area contributed by atoms with E-state index in [1.807, 2.05) is 24.5 Å². The molecule has 8 heteroatoms. The molecule has 1 aliphatic heterocycles. The van der Waals surface area contributed by atoms with E-state index in [1.165, 1.54) is 18.4 Å². The molecule has 0 bridgehead atoms. The fourth-order valence-corrected chi connectivity index (χ4v) is 5.58. The number of nitrogens with zero attached hydrogens (tertiary/aromatic N) is 4. The molecule has 3 aromatic heterocycles. The Hall–Kier alpha value is -2.32. The van der Waals surface area contributed by atoms with Gasteiger partial charge in [0.25, 0.3) is 0 Å². The third kappa shape index (κ3) is 3.86. The molecule has 1 saturated heterocycles. The summed E-state index contributed by atoms with van der Waals surface area (Å²) in [5, 5.41) is 8.43. The van der Waals surface area contributed by atoms with Crippen molar-refractivity contribution in [3.63, 3.8) is 0 Å². The largest absolute Gasteiger partial charge is 0.317 e. The molecule has 2 fully saturated rings. The Morgan fingerprint density at radius 2 is 1.90 bits per heavy atom. The minimum Gasteiger partial charge on any atom is -0.317 e. The summed E-state index contributed by atoms with van der Waals surface area (Å²) in [4.78, 5) is 13.9. The first kappa shape index (κ1) is 19.6. The lowest BCUT2D eigenvalue weighted by Crippen LogP contribution is -2.26. The Kier molecular flexibility index (Phi) is 5.52. The van der Waals surface area contributed by atoms with Crippen LogP contribution in [0.5, 0.6) is 0 Å². The zero-order chi connectivity index (χ0) is 20.5. The Balaban J connectivity index is 1.42. The van der Waals surface area contributed by atoms with Gasteiger partial charge in [-0.1, -0.05) is 18.9 Å². The predicted octanol–water partition coefficient (Wildman–Crippen LogP) is 3.89. The first-order chi connectivity index (χ1) is 14.7. The Bertz CT molecular complexity index is 1050. The number of piperidine rings is 1. The van der Waals surface area contributed by atoms with Crippen molar-refractivity contribution < 1.29 is 4.21 Å². The van der Waals surface area contributed by atoms with Gasteiger partial charge in [0.05, 0.1) is 10.8 Å². The van der Waals surface area contributed by atoms with Gasteiger partial charge in [-0.15, -0.1) is 0 Å². The highest BCUT2D eigenvalue weighted by Gasteiger charge is 2.24. The molecule has 0 spiro atoms. The molecule has 30 heavy (non-hydrogen) atoms. The van der Waals surface area contributed by atoms with Gasteiger partial charge < -0.3 is 15.2 Å². The van der Waals surface area contributed by atoms with Crippen LogP contribution in [-0.2, 0) is 10.8 Å². The molecule has 0 amide bonds. The number of rotatable bonds is 5. The highest BCUT2D eigenvalue weighted by Crippen LogP contribution is 2.35. The molecule has 5 rings (SSSR count). The van der Waals surface area contributed by atoms with Crippen LogP contribution in [-0.4, -0.2) is 43.1 Å². The summed E-state index contributed by atoms with van der Waals surface area (Å²) in [6, 6.07) is 6.50. The second-order valence-electron chi connectivity index (χ2n) is 8.34. The number of anilines is 2. The maximum absolute atomic E-state index is 12.3. The molecule has 1 unspecified atom stereocenters. The van der Waals surface area contributed by atoms with Crippen molar-refractivity contribution in [1.82, 2.24) is 24.8 Å². The van der Waals surface area contributed by atoms with E-state index in [2.05, 4.69) is 31.2 Å². The maximum Gasteiger partial charge on any atom is 0.230 e. The van der Waals surface area contributed by atoms with E-state index in [-0.39, 0.29) is 0 Å². The van der Waals surface area contributed by atoms with Crippen molar-refractivity contribution >= 4 is 33.6 Å². The molecule has 1 atom stereocenters. The molecule has 0 radical (unpaired) electrons. The smallest absolute Gasteiger partial charge is 0.230 e. The minimum absolute atomic E-state index is 0.367. The van der Waals surface area contributed by atoms with E-state index in [1.54, 1.807) is 6.26 Å². The molecular formula is C22H28N6OS. The van der Waals surface area contributed by atoms with Gasteiger partial charge in [0.1, 0.15) is 16.5 Å². The summed E-state index contributed by atoms with van der Waals surface area (Å²) < 4.78 is 14.5. The molecule has 158 valence electrons. The summed E-state index contributed by atoms with van der Waals surface area (Å²) >= 11 is 0. The zero-order valence-electron chi connectivity index (χ0n) is 17.3. The van der Waals surface area contributed by atoms with E-state index in [9.17, 15) is 4.21 Å². The van der Waals surface area contributed by atoms with Crippen molar-refractivity contribution in [3.05, 3.63) is 36.2 Å². The Morgan fingerprint density at radius 1 is 1.10 bits per heavy atom. The summed E-state index contributed by atoms with van der Waals surface area (Å²) in [5.41, 5.74) is 2.15. The third-order valence-corrected chi connectivity index (χ3v) is 7.27. The molecule has 1 aliphatic carbocycles. The van der Waals surface area contributed by atoms with Gasteiger partial charge in [0.2, 0.25) is 5.95 Å². The molecule has 1 saturated carbocycles. The highest BCUT2D eigenvalue weighted by atomic mass is 32.2. The van der Waals surface area contributed by atoms with E-state index in [0.717, 1.165) is 60.7 Å². The van der Waals surface area contributed by atoms with Crippen molar-refractivity contribution in [2.24, 2.45) is 0 Å². The van der Waals surface area contributed by atoms with Gasteiger partial charge in [-0.2, -0.15) is 4.98 Å².